The summed E-state index contributed by atoms with van der Waals surface area (Å²) in [5.41, 5.74) is 5.78. The summed E-state index contributed by atoms with van der Waals surface area (Å²) in [6, 6.07) is 7.37. The molecule has 2 rings (SSSR count). The molecule has 6 nitrogen and oxygen atoms in total. The number of rotatable bonds is 7. The molecule has 0 saturated carbocycles. The van der Waals surface area contributed by atoms with Crippen molar-refractivity contribution in [2.24, 2.45) is 10.7 Å². The number of esters is 1. The second-order valence-electron chi connectivity index (χ2n) is 4.44. The van der Waals surface area contributed by atoms with Crippen LogP contribution in [-0.2, 0) is 17.7 Å². The fourth-order valence-electron chi connectivity index (χ4n) is 1.76. The summed E-state index contributed by atoms with van der Waals surface area (Å²) in [5, 5.41) is 5.09. The first-order valence-corrected chi connectivity index (χ1v) is 7.89. The summed E-state index contributed by atoms with van der Waals surface area (Å²) in [4.78, 5) is 16.9. The lowest BCUT2D eigenvalue weighted by molar-refractivity contribution is 0.0488. The predicted molar refractivity (Wildman–Crippen MR) is 86.0 cm³/mol. The number of nitrogens with zero attached hydrogens (tertiary/aromatic N) is 1. The average molecular weight is 321 g/mol. The van der Waals surface area contributed by atoms with Crippen LogP contribution < -0.4 is 11.1 Å². The van der Waals surface area contributed by atoms with Crippen molar-refractivity contribution >= 4 is 23.3 Å². The minimum absolute atomic E-state index is 0.177. The van der Waals surface area contributed by atoms with Crippen molar-refractivity contribution in [2.75, 3.05) is 13.2 Å². The topological polar surface area (TPSA) is 89.8 Å². The van der Waals surface area contributed by atoms with E-state index in [-0.39, 0.29) is 12.3 Å². The van der Waals surface area contributed by atoms with Crippen molar-refractivity contribution in [1.29, 1.82) is 0 Å². The zero-order valence-electron chi connectivity index (χ0n) is 12.4. The van der Waals surface area contributed by atoms with Crippen molar-refractivity contribution < 1.29 is 13.9 Å². The van der Waals surface area contributed by atoms with Crippen molar-refractivity contribution in [1.82, 2.24) is 5.32 Å². The predicted octanol–water partition coefficient (Wildman–Crippen LogP) is 2.16. The summed E-state index contributed by atoms with van der Waals surface area (Å²) in [5.74, 6) is 0.618. The number of carbonyl (C=O) groups is 1. The first kappa shape index (κ1) is 16.1. The van der Waals surface area contributed by atoms with Crippen LogP contribution in [0.4, 0.5) is 0 Å². The molecule has 2 aromatic heterocycles. The van der Waals surface area contributed by atoms with Gasteiger partial charge in [-0.1, -0.05) is 6.07 Å². The lowest BCUT2D eigenvalue weighted by atomic mass is 10.3. The summed E-state index contributed by atoms with van der Waals surface area (Å²) in [6.45, 7) is 3.06. The maximum atomic E-state index is 11.5. The number of ether oxygens (including phenoxy) is 1. The molecule has 0 bridgehead atoms. The highest BCUT2D eigenvalue weighted by Crippen LogP contribution is 2.10. The van der Waals surface area contributed by atoms with Gasteiger partial charge in [0, 0.05) is 11.4 Å². The van der Waals surface area contributed by atoms with Gasteiger partial charge < -0.3 is 20.2 Å². The Morgan fingerprint density at radius 1 is 1.45 bits per heavy atom. The molecular formula is C15H19N3O3S. The van der Waals surface area contributed by atoms with E-state index in [1.165, 1.54) is 4.88 Å². The molecule has 0 unspecified atom stereocenters. The molecule has 0 aliphatic rings. The molecule has 2 heterocycles. The maximum absolute atomic E-state index is 11.5. The Balaban J connectivity index is 1.76. The van der Waals surface area contributed by atoms with Gasteiger partial charge in [0.1, 0.15) is 12.3 Å². The minimum atomic E-state index is -0.472. The van der Waals surface area contributed by atoms with Gasteiger partial charge in [0.2, 0.25) is 5.76 Å². The smallest absolute Gasteiger partial charge is 0.374 e. The Labute approximate surface area is 133 Å². The summed E-state index contributed by atoms with van der Waals surface area (Å²) in [6.07, 6.45) is 0.904. The second kappa shape index (κ2) is 8.23. The molecule has 0 radical (unpaired) electrons. The van der Waals surface area contributed by atoms with Crippen LogP contribution in [0.3, 0.4) is 0 Å². The Morgan fingerprint density at radius 3 is 3.05 bits per heavy atom. The summed E-state index contributed by atoms with van der Waals surface area (Å²) in [7, 11) is 0. The van der Waals surface area contributed by atoms with Crippen LogP contribution >= 0.6 is 11.3 Å². The number of nitrogens with one attached hydrogen (secondary N) is 1. The van der Waals surface area contributed by atoms with E-state index in [1.54, 1.807) is 30.4 Å². The molecule has 22 heavy (non-hydrogen) atoms. The normalized spacial score (nSPS) is 11.4. The van der Waals surface area contributed by atoms with E-state index in [0.717, 1.165) is 13.0 Å². The molecule has 0 fully saturated rings. The SMILES string of the molecule is CCOC(=O)c1ccc(CN=C(N)NCCc2cccs2)o1. The largest absolute Gasteiger partial charge is 0.460 e. The molecule has 0 saturated heterocycles. The fraction of sp³-hybridized carbons (Fsp3) is 0.333. The molecule has 3 N–H and O–H groups in total. The molecule has 0 amide bonds. The van der Waals surface area contributed by atoms with Crippen molar-refractivity contribution in [3.63, 3.8) is 0 Å². The highest BCUT2D eigenvalue weighted by molar-refractivity contribution is 7.09. The Morgan fingerprint density at radius 2 is 2.32 bits per heavy atom. The van der Waals surface area contributed by atoms with Crippen LogP contribution in [0, 0.1) is 0 Å². The third-order valence-corrected chi connectivity index (χ3v) is 3.74. The number of hydrogen-bond donors (Lipinski definition) is 2. The van der Waals surface area contributed by atoms with Crippen LogP contribution in [-0.4, -0.2) is 25.1 Å². The Bertz CT molecular complexity index is 620. The summed E-state index contributed by atoms with van der Waals surface area (Å²) < 4.78 is 10.2. The number of thiophene rings is 1. The number of carbonyl (C=O) groups excluding carboxylic acids is 1. The molecule has 0 aromatic carbocycles. The van der Waals surface area contributed by atoms with E-state index in [4.69, 9.17) is 14.9 Å². The summed E-state index contributed by atoms with van der Waals surface area (Å²) >= 11 is 1.71. The molecule has 0 aliphatic heterocycles. The maximum Gasteiger partial charge on any atom is 0.374 e. The van der Waals surface area contributed by atoms with E-state index < -0.39 is 5.97 Å². The minimum Gasteiger partial charge on any atom is -0.460 e. The first-order chi connectivity index (χ1) is 10.7. The van der Waals surface area contributed by atoms with Crippen molar-refractivity contribution in [3.8, 4) is 0 Å². The van der Waals surface area contributed by atoms with Crippen molar-refractivity contribution in [3.05, 3.63) is 46.0 Å². The zero-order valence-corrected chi connectivity index (χ0v) is 13.2. The van der Waals surface area contributed by atoms with Gasteiger partial charge in [-0.05, 0) is 36.9 Å². The molecule has 7 heteroatoms. The fourth-order valence-corrected chi connectivity index (χ4v) is 2.47. The van der Waals surface area contributed by atoms with E-state index in [9.17, 15) is 4.79 Å². The van der Waals surface area contributed by atoms with E-state index in [2.05, 4.69) is 16.4 Å². The Kier molecular flexibility index (Phi) is 6.02. The Hall–Kier alpha value is -2.28. The lowest BCUT2D eigenvalue weighted by Crippen LogP contribution is -2.33. The lowest BCUT2D eigenvalue weighted by Gasteiger charge is -2.03. The average Bonchev–Trinajstić information content (AvgIpc) is 3.17. The molecule has 118 valence electrons. The number of furan rings is 1. The number of nitrogens with two attached hydrogens (primary N) is 1. The third-order valence-electron chi connectivity index (χ3n) is 2.80. The standard InChI is InChI=1S/C15H19N3O3S/c1-2-20-14(19)13-6-5-11(21-13)10-18-15(16)17-8-7-12-4-3-9-22-12/h3-6,9H,2,7-8,10H2,1H3,(H3,16,17,18). The van der Waals surface area contributed by atoms with Crippen LogP contribution in [0.1, 0.15) is 28.1 Å². The zero-order chi connectivity index (χ0) is 15.8. The van der Waals surface area contributed by atoms with Gasteiger partial charge in [-0.25, -0.2) is 9.79 Å². The van der Waals surface area contributed by atoms with E-state index >= 15 is 0 Å². The molecule has 0 spiro atoms. The van der Waals surface area contributed by atoms with Gasteiger partial charge in [0.05, 0.1) is 6.61 Å². The van der Waals surface area contributed by atoms with Crippen LogP contribution in [0.15, 0.2) is 39.1 Å². The highest BCUT2D eigenvalue weighted by Gasteiger charge is 2.11. The quantitative estimate of drug-likeness (QED) is 0.463. The van der Waals surface area contributed by atoms with Crippen LogP contribution in [0.25, 0.3) is 0 Å². The van der Waals surface area contributed by atoms with Crippen LogP contribution in [0.5, 0.6) is 0 Å². The highest BCUT2D eigenvalue weighted by atomic mass is 32.1. The van der Waals surface area contributed by atoms with Crippen LogP contribution in [0.2, 0.25) is 0 Å². The molecular weight excluding hydrogens is 302 g/mol. The first-order valence-electron chi connectivity index (χ1n) is 7.01. The third kappa shape index (κ3) is 4.92. The van der Waals surface area contributed by atoms with Gasteiger partial charge >= 0.3 is 5.97 Å². The van der Waals surface area contributed by atoms with E-state index in [0.29, 0.717) is 18.3 Å². The number of guanidine groups is 1. The van der Waals surface area contributed by atoms with Gasteiger partial charge in [-0.2, -0.15) is 0 Å². The molecule has 2 aromatic rings. The molecule has 0 aliphatic carbocycles. The van der Waals surface area contributed by atoms with Gasteiger partial charge in [-0.15, -0.1) is 11.3 Å². The second-order valence-corrected chi connectivity index (χ2v) is 5.48. The monoisotopic (exact) mass is 321 g/mol. The van der Waals surface area contributed by atoms with Crippen molar-refractivity contribution in [2.45, 2.75) is 19.9 Å². The van der Waals surface area contributed by atoms with Gasteiger partial charge in [0.15, 0.2) is 5.96 Å². The van der Waals surface area contributed by atoms with E-state index in [1.807, 2.05) is 11.4 Å². The molecule has 0 atom stereocenters. The number of aliphatic imine (C=N–C) groups is 1. The van der Waals surface area contributed by atoms with Gasteiger partial charge in [0.25, 0.3) is 0 Å². The number of hydrogen-bond acceptors (Lipinski definition) is 5. The van der Waals surface area contributed by atoms with Gasteiger partial charge in [-0.3, -0.25) is 0 Å².